The van der Waals surface area contributed by atoms with Gasteiger partial charge in [-0.25, -0.2) is 0 Å². The van der Waals surface area contributed by atoms with Gasteiger partial charge in [0.05, 0.1) is 5.52 Å². The normalized spacial score (nSPS) is 17.7. The van der Waals surface area contributed by atoms with Crippen molar-refractivity contribution in [2.75, 3.05) is 20.6 Å². The molecule has 5 nitrogen and oxygen atoms in total. The molecule has 2 aromatic rings. The van der Waals surface area contributed by atoms with Crippen LogP contribution in [0.15, 0.2) is 36.5 Å². The smallest absolute Gasteiger partial charge is 0.255 e. The zero-order valence-electron chi connectivity index (χ0n) is 12.8. The number of pyridine rings is 1. The number of benzene rings is 1. The molecule has 1 aliphatic heterocycles. The fourth-order valence-electron chi connectivity index (χ4n) is 3.01. The molecule has 0 radical (unpaired) electrons. The lowest BCUT2D eigenvalue weighted by Gasteiger charge is -2.26. The van der Waals surface area contributed by atoms with Gasteiger partial charge in [-0.1, -0.05) is 12.1 Å². The van der Waals surface area contributed by atoms with E-state index in [4.69, 9.17) is 0 Å². The van der Waals surface area contributed by atoms with Gasteiger partial charge in [-0.15, -0.1) is 0 Å². The number of hydrogen-bond acceptors (Lipinski definition) is 3. The number of hydrogen-bond donors (Lipinski definition) is 0. The Balaban J connectivity index is 1.97. The topological polar surface area (TPSA) is 53.5 Å². The maximum Gasteiger partial charge on any atom is 0.255 e. The molecule has 1 aliphatic rings. The van der Waals surface area contributed by atoms with Crippen molar-refractivity contribution in [2.24, 2.45) is 0 Å². The third-order valence-electron chi connectivity index (χ3n) is 4.12. The largest absolute Gasteiger partial charge is 0.347 e. The maximum absolute atomic E-state index is 12.9. The first-order valence-corrected chi connectivity index (χ1v) is 7.45. The lowest BCUT2D eigenvalue weighted by atomic mass is 10.1. The Morgan fingerprint density at radius 2 is 2.05 bits per heavy atom. The number of nitrogens with zero attached hydrogens (tertiary/aromatic N) is 3. The Kier molecular flexibility index (Phi) is 3.79. The minimum atomic E-state index is -0.352. The molecule has 22 heavy (non-hydrogen) atoms. The van der Waals surface area contributed by atoms with Crippen molar-refractivity contribution in [1.29, 1.82) is 0 Å². The Bertz CT molecular complexity index is 721. The summed E-state index contributed by atoms with van der Waals surface area (Å²) in [5.74, 6) is -0.0967. The average molecular weight is 297 g/mol. The number of fused-ring (bicyclic) bond motifs is 1. The summed E-state index contributed by atoms with van der Waals surface area (Å²) in [6, 6.07) is 8.90. The second-order valence-electron chi connectivity index (χ2n) is 5.76. The second kappa shape index (κ2) is 5.75. The van der Waals surface area contributed by atoms with Crippen LogP contribution in [0.1, 0.15) is 23.2 Å². The summed E-state index contributed by atoms with van der Waals surface area (Å²) < 4.78 is 0. The molecular formula is C17H19N3O2. The highest BCUT2D eigenvalue weighted by atomic mass is 16.2. The van der Waals surface area contributed by atoms with Gasteiger partial charge < -0.3 is 9.80 Å². The summed E-state index contributed by atoms with van der Waals surface area (Å²) in [7, 11) is 3.45. The van der Waals surface area contributed by atoms with E-state index in [0.717, 1.165) is 23.7 Å². The predicted octanol–water partition coefficient (Wildman–Crippen LogP) is 1.93. The molecule has 1 aromatic carbocycles. The van der Waals surface area contributed by atoms with Gasteiger partial charge >= 0.3 is 0 Å². The lowest BCUT2D eigenvalue weighted by Crippen LogP contribution is -2.45. The molecule has 0 N–H and O–H groups in total. The van der Waals surface area contributed by atoms with Crippen LogP contribution in [0.5, 0.6) is 0 Å². The summed E-state index contributed by atoms with van der Waals surface area (Å²) in [5.41, 5.74) is 1.41. The van der Waals surface area contributed by atoms with E-state index >= 15 is 0 Å². The molecule has 1 aromatic heterocycles. The molecule has 0 aliphatic carbocycles. The molecule has 0 spiro atoms. The van der Waals surface area contributed by atoms with Crippen molar-refractivity contribution in [3.63, 3.8) is 0 Å². The Morgan fingerprint density at radius 1 is 1.23 bits per heavy atom. The van der Waals surface area contributed by atoms with E-state index in [1.54, 1.807) is 30.1 Å². The van der Waals surface area contributed by atoms with Crippen molar-refractivity contribution in [1.82, 2.24) is 14.8 Å². The zero-order chi connectivity index (χ0) is 15.7. The summed E-state index contributed by atoms with van der Waals surface area (Å²) in [4.78, 5) is 32.7. The van der Waals surface area contributed by atoms with Crippen LogP contribution in [0.4, 0.5) is 0 Å². The van der Waals surface area contributed by atoms with Crippen molar-refractivity contribution < 1.29 is 9.59 Å². The molecule has 1 unspecified atom stereocenters. The fraction of sp³-hybridized carbons (Fsp3) is 0.353. The van der Waals surface area contributed by atoms with Gasteiger partial charge in [0, 0.05) is 37.8 Å². The van der Waals surface area contributed by atoms with E-state index in [-0.39, 0.29) is 17.9 Å². The van der Waals surface area contributed by atoms with Gasteiger partial charge in [-0.05, 0) is 31.0 Å². The Morgan fingerprint density at radius 3 is 2.82 bits per heavy atom. The second-order valence-corrected chi connectivity index (χ2v) is 5.76. The molecule has 1 atom stereocenters. The number of likely N-dealkylation sites (N-methyl/N-ethyl adjacent to an activating group) is 1. The SMILES string of the molecule is CN(C)C(=O)C1CCCN1C(=O)c1cccc2ncccc12. The van der Waals surface area contributed by atoms with Crippen LogP contribution in [0, 0.1) is 0 Å². The monoisotopic (exact) mass is 297 g/mol. The van der Waals surface area contributed by atoms with Gasteiger partial charge in [-0.3, -0.25) is 14.6 Å². The molecule has 0 saturated carbocycles. The van der Waals surface area contributed by atoms with Crippen LogP contribution in [0.2, 0.25) is 0 Å². The minimum Gasteiger partial charge on any atom is -0.347 e. The lowest BCUT2D eigenvalue weighted by molar-refractivity contribution is -0.132. The van der Waals surface area contributed by atoms with Gasteiger partial charge in [-0.2, -0.15) is 0 Å². The first-order valence-electron chi connectivity index (χ1n) is 7.45. The van der Waals surface area contributed by atoms with Gasteiger partial charge in [0.1, 0.15) is 6.04 Å². The van der Waals surface area contributed by atoms with Crippen LogP contribution in [0.3, 0.4) is 0 Å². The maximum atomic E-state index is 12.9. The minimum absolute atomic E-state index is 0.00999. The first kappa shape index (κ1) is 14.5. The van der Waals surface area contributed by atoms with E-state index in [1.165, 1.54) is 0 Å². The molecule has 0 bridgehead atoms. The van der Waals surface area contributed by atoms with Crippen molar-refractivity contribution >= 4 is 22.7 Å². The van der Waals surface area contributed by atoms with Crippen molar-refractivity contribution in [2.45, 2.75) is 18.9 Å². The van der Waals surface area contributed by atoms with Crippen LogP contribution < -0.4 is 0 Å². The third-order valence-corrected chi connectivity index (χ3v) is 4.12. The Labute approximate surface area is 129 Å². The molecule has 1 saturated heterocycles. The van der Waals surface area contributed by atoms with E-state index in [2.05, 4.69) is 4.98 Å². The van der Waals surface area contributed by atoms with E-state index < -0.39 is 0 Å². The summed E-state index contributed by atoms with van der Waals surface area (Å²) in [6.07, 6.45) is 3.30. The van der Waals surface area contributed by atoms with E-state index in [1.807, 2.05) is 30.3 Å². The number of rotatable bonds is 2. The standard InChI is InChI=1S/C17H19N3O2/c1-19(2)17(22)15-9-5-11-20(15)16(21)13-6-3-8-14-12(13)7-4-10-18-14/h3-4,6-8,10,15H,5,9,11H2,1-2H3. The molecular weight excluding hydrogens is 278 g/mol. The molecule has 2 heterocycles. The highest BCUT2D eigenvalue weighted by Crippen LogP contribution is 2.24. The summed E-state index contributed by atoms with van der Waals surface area (Å²) in [5, 5.41) is 0.831. The van der Waals surface area contributed by atoms with Crippen LogP contribution in [-0.2, 0) is 4.79 Å². The molecule has 2 amide bonds. The molecule has 5 heteroatoms. The number of carbonyl (C=O) groups is 2. The summed E-state index contributed by atoms with van der Waals surface area (Å²) >= 11 is 0. The summed E-state index contributed by atoms with van der Waals surface area (Å²) in [6.45, 7) is 0.625. The van der Waals surface area contributed by atoms with Crippen molar-refractivity contribution in [3.8, 4) is 0 Å². The van der Waals surface area contributed by atoms with Gasteiger partial charge in [0.25, 0.3) is 5.91 Å². The number of amides is 2. The number of carbonyl (C=O) groups excluding carboxylic acids is 2. The predicted molar refractivity (Wildman–Crippen MR) is 84.5 cm³/mol. The van der Waals surface area contributed by atoms with E-state index in [9.17, 15) is 9.59 Å². The van der Waals surface area contributed by atoms with Crippen LogP contribution in [0.25, 0.3) is 10.9 Å². The fourth-order valence-corrected chi connectivity index (χ4v) is 3.01. The third kappa shape index (κ3) is 2.43. The molecule has 3 rings (SSSR count). The van der Waals surface area contributed by atoms with Crippen LogP contribution in [-0.4, -0.2) is 53.3 Å². The van der Waals surface area contributed by atoms with Crippen LogP contribution >= 0.6 is 0 Å². The average Bonchev–Trinajstić information content (AvgIpc) is 3.02. The van der Waals surface area contributed by atoms with Crippen molar-refractivity contribution in [3.05, 3.63) is 42.1 Å². The molecule has 1 fully saturated rings. The highest BCUT2D eigenvalue weighted by Gasteiger charge is 2.35. The first-order chi connectivity index (χ1) is 10.6. The Hall–Kier alpha value is -2.43. The number of aromatic nitrogens is 1. The van der Waals surface area contributed by atoms with Gasteiger partial charge in [0.2, 0.25) is 5.91 Å². The molecule has 114 valence electrons. The van der Waals surface area contributed by atoms with Gasteiger partial charge in [0.15, 0.2) is 0 Å². The van der Waals surface area contributed by atoms with E-state index in [0.29, 0.717) is 12.1 Å². The number of likely N-dealkylation sites (tertiary alicyclic amines) is 1. The zero-order valence-corrected chi connectivity index (χ0v) is 12.8. The highest BCUT2D eigenvalue weighted by molar-refractivity contribution is 6.07. The quantitative estimate of drug-likeness (QED) is 0.851.